The Bertz CT molecular complexity index is 248. The number of unbranched alkanes of at least 4 members (excludes halogenated alkanes) is 6. The molecule has 0 rings (SSSR count). The molecule has 0 amide bonds. The van der Waals surface area contributed by atoms with Crippen molar-refractivity contribution in [2.24, 2.45) is 0 Å². The molecule has 0 aliphatic carbocycles. The van der Waals surface area contributed by atoms with E-state index in [4.69, 9.17) is 10.2 Å². The molecule has 1 unspecified atom stereocenters. The summed E-state index contributed by atoms with van der Waals surface area (Å²) >= 11 is 0. The fourth-order valence-electron chi connectivity index (χ4n) is 2.35. The number of carbonyl (C=O) groups is 1. The largest absolute Gasteiger partial charge is 0.480 e. The minimum Gasteiger partial charge on any atom is -0.480 e. The molecule has 0 aromatic carbocycles. The maximum atomic E-state index is 10.8. The molecule has 0 saturated carbocycles. The molecule has 0 aliphatic heterocycles. The van der Waals surface area contributed by atoms with Crippen LogP contribution in [0.3, 0.4) is 0 Å². The van der Waals surface area contributed by atoms with Gasteiger partial charge in [-0.15, -0.1) is 0 Å². The molecule has 0 fully saturated rings. The van der Waals surface area contributed by atoms with Crippen molar-refractivity contribution in [3.63, 3.8) is 0 Å². The van der Waals surface area contributed by atoms with E-state index < -0.39 is 12.0 Å². The molecule has 4 N–H and O–H groups in total. The fourth-order valence-corrected chi connectivity index (χ4v) is 2.35. The van der Waals surface area contributed by atoms with Crippen molar-refractivity contribution in [1.29, 1.82) is 0 Å². The van der Waals surface area contributed by atoms with Crippen LogP contribution in [0.5, 0.6) is 0 Å². The zero-order chi connectivity index (χ0) is 15.9. The van der Waals surface area contributed by atoms with Crippen LogP contribution in [0.2, 0.25) is 0 Å². The monoisotopic (exact) mass is 303 g/mol. The lowest BCUT2D eigenvalue weighted by molar-refractivity contribution is -0.139. The van der Waals surface area contributed by atoms with Gasteiger partial charge in [0.1, 0.15) is 6.04 Å². The molecule has 126 valence electrons. The first-order chi connectivity index (χ1) is 10.1. The van der Waals surface area contributed by atoms with E-state index in [9.17, 15) is 9.90 Å². The van der Waals surface area contributed by atoms with E-state index in [-0.39, 0.29) is 19.1 Å². The second kappa shape index (κ2) is 14.3. The third-order valence-electron chi connectivity index (χ3n) is 3.73. The summed E-state index contributed by atoms with van der Waals surface area (Å²) in [5, 5.41) is 30.3. The highest BCUT2D eigenvalue weighted by molar-refractivity contribution is 5.73. The van der Waals surface area contributed by atoms with Gasteiger partial charge in [0.25, 0.3) is 0 Å². The highest BCUT2D eigenvalue weighted by Crippen LogP contribution is 2.10. The lowest BCUT2D eigenvalue weighted by Crippen LogP contribution is -2.38. The van der Waals surface area contributed by atoms with Crippen LogP contribution in [-0.2, 0) is 4.79 Å². The van der Waals surface area contributed by atoms with E-state index in [1.165, 1.54) is 32.1 Å². The van der Waals surface area contributed by atoms with Crippen LogP contribution in [0.25, 0.3) is 0 Å². The number of aliphatic carboxylic acids is 1. The molecule has 0 aromatic heterocycles. The maximum Gasteiger partial charge on any atom is 0.320 e. The quantitative estimate of drug-likeness (QED) is 0.349. The minimum atomic E-state index is -0.953. The highest BCUT2D eigenvalue weighted by Gasteiger charge is 2.15. The van der Waals surface area contributed by atoms with Gasteiger partial charge in [0.15, 0.2) is 0 Å². The van der Waals surface area contributed by atoms with Gasteiger partial charge in [0.05, 0.1) is 6.10 Å². The van der Waals surface area contributed by atoms with Crippen molar-refractivity contribution in [2.45, 2.75) is 83.3 Å². The van der Waals surface area contributed by atoms with Crippen molar-refractivity contribution >= 4 is 5.97 Å². The Morgan fingerprint density at radius 1 is 1.00 bits per heavy atom. The van der Waals surface area contributed by atoms with Crippen LogP contribution >= 0.6 is 0 Å². The Labute approximate surface area is 128 Å². The number of aliphatic hydroxyl groups is 2. The first-order valence-electron chi connectivity index (χ1n) is 8.36. The summed E-state index contributed by atoms with van der Waals surface area (Å²) in [7, 11) is 0. The van der Waals surface area contributed by atoms with Gasteiger partial charge < -0.3 is 20.6 Å². The van der Waals surface area contributed by atoms with E-state index in [1.54, 1.807) is 0 Å². The molecule has 0 aliphatic rings. The Hall–Kier alpha value is -0.650. The van der Waals surface area contributed by atoms with Crippen molar-refractivity contribution in [3.05, 3.63) is 0 Å². The summed E-state index contributed by atoms with van der Waals surface area (Å²) in [5.41, 5.74) is 0. The first-order valence-corrected chi connectivity index (χ1v) is 8.36. The van der Waals surface area contributed by atoms with Crippen molar-refractivity contribution < 1.29 is 20.1 Å². The number of rotatable bonds is 15. The first kappa shape index (κ1) is 20.3. The SMILES string of the molecule is CCCCCCCCCC(O)CCN[C@@H](CCO)C(=O)O. The second-order valence-corrected chi connectivity index (χ2v) is 5.71. The Morgan fingerprint density at radius 2 is 1.62 bits per heavy atom. The zero-order valence-corrected chi connectivity index (χ0v) is 13.4. The number of hydrogen-bond acceptors (Lipinski definition) is 4. The van der Waals surface area contributed by atoms with Crippen LogP contribution in [0.4, 0.5) is 0 Å². The maximum absolute atomic E-state index is 10.8. The summed E-state index contributed by atoms with van der Waals surface area (Å²) in [6.45, 7) is 2.53. The third-order valence-corrected chi connectivity index (χ3v) is 3.73. The lowest BCUT2D eigenvalue weighted by Gasteiger charge is -2.15. The Morgan fingerprint density at radius 3 is 2.19 bits per heavy atom. The van der Waals surface area contributed by atoms with Gasteiger partial charge >= 0.3 is 5.97 Å². The van der Waals surface area contributed by atoms with Crippen LogP contribution in [0, 0.1) is 0 Å². The molecule has 0 spiro atoms. The normalized spacial score (nSPS) is 14.0. The summed E-state index contributed by atoms with van der Waals surface area (Å²) in [6.07, 6.45) is 9.78. The zero-order valence-electron chi connectivity index (χ0n) is 13.4. The summed E-state index contributed by atoms with van der Waals surface area (Å²) < 4.78 is 0. The molecule has 0 saturated heterocycles. The van der Waals surface area contributed by atoms with Gasteiger partial charge in [-0.2, -0.15) is 0 Å². The van der Waals surface area contributed by atoms with E-state index in [1.807, 2.05) is 0 Å². The van der Waals surface area contributed by atoms with Crippen molar-refractivity contribution in [1.82, 2.24) is 5.32 Å². The second-order valence-electron chi connectivity index (χ2n) is 5.71. The van der Waals surface area contributed by atoms with E-state index >= 15 is 0 Å². The molecular weight excluding hydrogens is 270 g/mol. The summed E-state index contributed by atoms with van der Waals surface area (Å²) in [4.78, 5) is 10.8. The van der Waals surface area contributed by atoms with Gasteiger partial charge in [-0.05, 0) is 25.8 Å². The predicted octanol–water partition coefficient (Wildman–Crippen LogP) is 2.30. The topological polar surface area (TPSA) is 89.8 Å². The number of nitrogens with one attached hydrogen (secondary N) is 1. The van der Waals surface area contributed by atoms with Gasteiger partial charge in [-0.1, -0.05) is 51.9 Å². The Balaban J connectivity index is 3.48. The summed E-state index contributed by atoms with van der Waals surface area (Å²) in [5.74, 6) is -0.953. The van der Waals surface area contributed by atoms with E-state index in [2.05, 4.69) is 12.2 Å². The number of aliphatic hydroxyl groups excluding tert-OH is 2. The van der Waals surface area contributed by atoms with E-state index in [0.717, 1.165) is 19.3 Å². The van der Waals surface area contributed by atoms with Gasteiger partial charge in [0.2, 0.25) is 0 Å². The molecule has 5 nitrogen and oxygen atoms in total. The van der Waals surface area contributed by atoms with Gasteiger partial charge in [0, 0.05) is 6.61 Å². The molecule has 0 radical (unpaired) electrons. The average molecular weight is 303 g/mol. The van der Waals surface area contributed by atoms with Crippen molar-refractivity contribution in [2.75, 3.05) is 13.2 Å². The number of hydrogen-bond donors (Lipinski definition) is 4. The van der Waals surface area contributed by atoms with Crippen LogP contribution in [0.1, 0.15) is 71.1 Å². The lowest BCUT2D eigenvalue weighted by atomic mass is 10.0. The average Bonchev–Trinajstić information content (AvgIpc) is 2.45. The predicted molar refractivity (Wildman–Crippen MR) is 84.4 cm³/mol. The van der Waals surface area contributed by atoms with Crippen LogP contribution < -0.4 is 5.32 Å². The van der Waals surface area contributed by atoms with Crippen LogP contribution in [-0.4, -0.2) is 46.6 Å². The number of carboxylic acids is 1. The third kappa shape index (κ3) is 12.8. The molecular formula is C16H33NO4. The molecule has 5 heteroatoms. The van der Waals surface area contributed by atoms with Gasteiger partial charge in [-0.25, -0.2) is 0 Å². The summed E-state index contributed by atoms with van der Waals surface area (Å²) in [6, 6.07) is -0.722. The molecule has 2 atom stereocenters. The number of carboxylic acid groups (broad SMARTS) is 1. The van der Waals surface area contributed by atoms with Crippen molar-refractivity contribution in [3.8, 4) is 0 Å². The standard InChI is InChI=1S/C16H33NO4/c1-2-3-4-5-6-7-8-9-14(19)10-12-17-15(11-13-18)16(20)21/h14-15,17-19H,2-13H2,1H3,(H,20,21)/t14?,15-/m0/s1. The molecule has 0 bridgehead atoms. The van der Waals surface area contributed by atoms with Crippen LogP contribution in [0.15, 0.2) is 0 Å². The molecule has 21 heavy (non-hydrogen) atoms. The minimum absolute atomic E-state index is 0.148. The smallest absolute Gasteiger partial charge is 0.320 e. The van der Waals surface area contributed by atoms with Gasteiger partial charge in [-0.3, -0.25) is 4.79 Å². The fraction of sp³-hybridized carbons (Fsp3) is 0.938. The highest BCUT2D eigenvalue weighted by atomic mass is 16.4. The van der Waals surface area contributed by atoms with E-state index in [0.29, 0.717) is 13.0 Å². The Kier molecular flexibility index (Phi) is 13.9. The molecule has 0 aromatic rings. The molecule has 0 heterocycles.